The van der Waals surface area contributed by atoms with Gasteiger partial charge in [-0.2, -0.15) is 4.98 Å². The summed E-state index contributed by atoms with van der Waals surface area (Å²) in [5.74, 6) is 0.990. The minimum absolute atomic E-state index is 0.00331. The SMILES string of the molecule is C[C@H]1CCN1c1nc(N2CC3(CC3C(=O)O)C2)c2ccsc2n1. The van der Waals surface area contributed by atoms with E-state index in [0.29, 0.717) is 6.04 Å². The topological polar surface area (TPSA) is 69.6 Å². The Hall–Kier alpha value is -1.89. The monoisotopic (exact) mass is 330 g/mol. The third-order valence-corrected chi connectivity index (χ3v) is 6.48. The van der Waals surface area contributed by atoms with Gasteiger partial charge in [0.1, 0.15) is 10.6 Å². The van der Waals surface area contributed by atoms with Crippen molar-refractivity contribution in [1.29, 1.82) is 0 Å². The maximum atomic E-state index is 11.2. The third-order valence-electron chi connectivity index (χ3n) is 5.67. The van der Waals surface area contributed by atoms with Gasteiger partial charge < -0.3 is 14.9 Å². The van der Waals surface area contributed by atoms with E-state index in [9.17, 15) is 9.90 Å². The Bertz CT molecular complexity index is 814. The molecule has 5 rings (SSSR count). The number of rotatable bonds is 3. The molecule has 1 aliphatic carbocycles. The summed E-state index contributed by atoms with van der Waals surface area (Å²) in [6.07, 6.45) is 2.00. The number of fused-ring (bicyclic) bond motifs is 1. The van der Waals surface area contributed by atoms with E-state index in [-0.39, 0.29) is 11.3 Å². The van der Waals surface area contributed by atoms with E-state index in [1.165, 1.54) is 6.42 Å². The second-order valence-electron chi connectivity index (χ2n) is 7.13. The summed E-state index contributed by atoms with van der Waals surface area (Å²) >= 11 is 1.64. The molecule has 2 aliphatic heterocycles. The molecule has 2 saturated heterocycles. The van der Waals surface area contributed by atoms with E-state index in [0.717, 1.165) is 48.0 Å². The molecule has 2 aromatic heterocycles. The van der Waals surface area contributed by atoms with Crippen molar-refractivity contribution in [3.63, 3.8) is 0 Å². The molecule has 120 valence electrons. The van der Waals surface area contributed by atoms with Gasteiger partial charge >= 0.3 is 5.97 Å². The number of carboxylic acid groups (broad SMARTS) is 1. The van der Waals surface area contributed by atoms with Crippen LogP contribution < -0.4 is 9.80 Å². The van der Waals surface area contributed by atoms with Crippen LogP contribution in [0.15, 0.2) is 11.4 Å². The maximum absolute atomic E-state index is 11.2. The molecule has 6 nitrogen and oxygen atoms in total. The average Bonchev–Trinajstić information content (AvgIpc) is 3.06. The molecule has 1 unspecified atom stereocenters. The van der Waals surface area contributed by atoms with Gasteiger partial charge in [0.25, 0.3) is 0 Å². The summed E-state index contributed by atoms with van der Waals surface area (Å²) in [5.41, 5.74) is 0.00331. The third kappa shape index (κ3) is 1.83. The first-order chi connectivity index (χ1) is 11.1. The molecule has 1 spiro atoms. The van der Waals surface area contributed by atoms with Crippen LogP contribution in [0.4, 0.5) is 11.8 Å². The maximum Gasteiger partial charge on any atom is 0.307 e. The van der Waals surface area contributed by atoms with E-state index in [1.54, 1.807) is 11.3 Å². The molecular weight excluding hydrogens is 312 g/mol. The number of aromatic nitrogens is 2. The predicted molar refractivity (Wildman–Crippen MR) is 89.2 cm³/mol. The lowest BCUT2D eigenvalue weighted by molar-refractivity contribution is -0.139. The summed E-state index contributed by atoms with van der Waals surface area (Å²) in [7, 11) is 0. The van der Waals surface area contributed by atoms with E-state index in [1.807, 2.05) is 0 Å². The van der Waals surface area contributed by atoms with Crippen LogP contribution in [0, 0.1) is 11.3 Å². The van der Waals surface area contributed by atoms with Crippen molar-refractivity contribution in [2.75, 3.05) is 29.4 Å². The van der Waals surface area contributed by atoms with Gasteiger partial charge in [-0.15, -0.1) is 11.3 Å². The molecule has 0 amide bonds. The number of hydrogen-bond donors (Lipinski definition) is 1. The lowest BCUT2D eigenvalue weighted by Gasteiger charge is -2.43. The summed E-state index contributed by atoms with van der Waals surface area (Å²) in [5, 5.41) is 12.3. The van der Waals surface area contributed by atoms with E-state index < -0.39 is 5.97 Å². The van der Waals surface area contributed by atoms with Crippen LogP contribution in [0.5, 0.6) is 0 Å². The average molecular weight is 330 g/mol. The van der Waals surface area contributed by atoms with Gasteiger partial charge in [-0.05, 0) is 31.2 Å². The van der Waals surface area contributed by atoms with Crippen LogP contribution in [-0.2, 0) is 4.79 Å². The summed E-state index contributed by atoms with van der Waals surface area (Å²) in [4.78, 5) is 26.2. The van der Waals surface area contributed by atoms with Crippen molar-refractivity contribution in [3.05, 3.63) is 11.4 Å². The fraction of sp³-hybridized carbons (Fsp3) is 0.562. The molecule has 3 aliphatic rings. The van der Waals surface area contributed by atoms with Gasteiger partial charge in [0.05, 0.1) is 11.3 Å². The molecule has 0 bridgehead atoms. The molecule has 1 saturated carbocycles. The second-order valence-corrected chi connectivity index (χ2v) is 8.03. The van der Waals surface area contributed by atoms with E-state index in [2.05, 4.69) is 28.2 Å². The van der Waals surface area contributed by atoms with Crippen LogP contribution in [0.3, 0.4) is 0 Å². The molecule has 0 radical (unpaired) electrons. The highest BCUT2D eigenvalue weighted by atomic mass is 32.1. The van der Waals surface area contributed by atoms with Crippen LogP contribution in [0.2, 0.25) is 0 Å². The molecule has 1 N–H and O–H groups in total. The summed E-state index contributed by atoms with van der Waals surface area (Å²) < 4.78 is 0. The van der Waals surface area contributed by atoms with Gasteiger partial charge in [-0.3, -0.25) is 4.79 Å². The first kappa shape index (κ1) is 13.5. The summed E-state index contributed by atoms with van der Waals surface area (Å²) in [6.45, 7) is 4.83. The normalized spacial score (nSPS) is 27.9. The Labute approximate surface area is 137 Å². The number of thiophene rings is 1. The Balaban J connectivity index is 1.47. The number of carboxylic acids is 1. The molecule has 2 aromatic rings. The predicted octanol–water partition coefficient (Wildman–Crippen LogP) is 2.20. The number of carbonyl (C=O) groups is 1. The molecule has 7 heteroatoms. The first-order valence-electron chi connectivity index (χ1n) is 8.07. The fourth-order valence-electron chi connectivity index (χ4n) is 3.92. The van der Waals surface area contributed by atoms with Crippen LogP contribution in [0.1, 0.15) is 19.8 Å². The highest BCUT2D eigenvalue weighted by molar-refractivity contribution is 7.16. The first-order valence-corrected chi connectivity index (χ1v) is 8.95. The van der Waals surface area contributed by atoms with Crippen molar-refractivity contribution < 1.29 is 9.90 Å². The van der Waals surface area contributed by atoms with Crippen molar-refractivity contribution in [3.8, 4) is 0 Å². The van der Waals surface area contributed by atoms with Gasteiger partial charge in [-0.25, -0.2) is 4.98 Å². The smallest absolute Gasteiger partial charge is 0.307 e. The van der Waals surface area contributed by atoms with E-state index in [4.69, 9.17) is 9.97 Å². The molecule has 23 heavy (non-hydrogen) atoms. The van der Waals surface area contributed by atoms with Crippen molar-refractivity contribution in [1.82, 2.24) is 9.97 Å². The highest BCUT2D eigenvalue weighted by Gasteiger charge is 2.65. The minimum atomic E-state index is -0.650. The summed E-state index contributed by atoms with van der Waals surface area (Å²) in [6, 6.07) is 2.58. The van der Waals surface area contributed by atoms with Gasteiger partial charge in [0.15, 0.2) is 0 Å². The van der Waals surface area contributed by atoms with Crippen LogP contribution in [0.25, 0.3) is 10.2 Å². The standard InChI is InChI=1S/C16H18N4O2S/c1-9-2-4-20(9)15-17-12(10-3-5-23-13(10)18-15)19-7-16(8-19)6-11(16)14(21)22/h3,5,9,11H,2,4,6-8H2,1H3,(H,21,22)/t9-,11?/m0/s1. The zero-order valence-corrected chi connectivity index (χ0v) is 13.7. The number of hydrogen-bond acceptors (Lipinski definition) is 6. The van der Waals surface area contributed by atoms with Crippen LogP contribution >= 0.6 is 11.3 Å². The quantitative estimate of drug-likeness (QED) is 0.930. The zero-order valence-electron chi connectivity index (χ0n) is 12.9. The second kappa shape index (κ2) is 4.35. The van der Waals surface area contributed by atoms with Crippen LogP contribution in [-0.4, -0.2) is 46.7 Å². The number of aliphatic carboxylic acids is 1. The van der Waals surface area contributed by atoms with Gasteiger partial charge in [0.2, 0.25) is 5.95 Å². The molecular formula is C16H18N4O2S. The number of anilines is 2. The Kier molecular flexibility index (Phi) is 2.56. The number of nitrogens with zero attached hydrogens (tertiary/aromatic N) is 4. The Morgan fingerprint density at radius 3 is 2.87 bits per heavy atom. The Morgan fingerprint density at radius 1 is 1.43 bits per heavy atom. The van der Waals surface area contributed by atoms with Gasteiger partial charge in [0, 0.05) is 31.1 Å². The van der Waals surface area contributed by atoms with Crippen molar-refractivity contribution >= 4 is 39.3 Å². The van der Waals surface area contributed by atoms with E-state index >= 15 is 0 Å². The minimum Gasteiger partial charge on any atom is -0.481 e. The molecule has 3 fully saturated rings. The van der Waals surface area contributed by atoms with Gasteiger partial charge in [-0.1, -0.05) is 0 Å². The molecule has 2 atom stereocenters. The fourth-order valence-corrected chi connectivity index (χ4v) is 4.68. The molecule has 4 heterocycles. The highest BCUT2D eigenvalue weighted by Crippen LogP contribution is 2.59. The lowest BCUT2D eigenvalue weighted by atomic mass is 9.93. The van der Waals surface area contributed by atoms with Crippen molar-refractivity contribution in [2.24, 2.45) is 11.3 Å². The lowest BCUT2D eigenvalue weighted by Crippen LogP contribution is -2.51. The van der Waals surface area contributed by atoms with Crippen molar-refractivity contribution in [2.45, 2.75) is 25.8 Å². The largest absolute Gasteiger partial charge is 0.481 e. The Morgan fingerprint density at radius 2 is 2.26 bits per heavy atom. The zero-order chi connectivity index (χ0) is 15.8. The molecule has 0 aromatic carbocycles.